The van der Waals surface area contributed by atoms with Crippen molar-refractivity contribution >= 4 is 33.2 Å². The van der Waals surface area contributed by atoms with Crippen LogP contribution in [0.25, 0.3) is 0 Å². The van der Waals surface area contributed by atoms with Crippen LogP contribution in [0.15, 0.2) is 35.2 Å². The molecule has 0 radical (unpaired) electrons. The SMILES string of the molecule is Cc1cc(C)c(NC(=O)C(C)N2CCN(S(=O)(=O)c3ccc(C)c(C)c3)CC2)c(Cl)c1. The van der Waals surface area contributed by atoms with Gasteiger partial charge in [0.1, 0.15) is 0 Å². The number of rotatable bonds is 5. The van der Waals surface area contributed by atoms with Gasteiger partial charge in [-0.3, -0.25) is 9.69 Å². The number of piperazine rings is 1. The number of benzene rings is 2. The fourth-order valence-corrected chi connectivity index (χ4v) is 5.70. The normalized spacial score (nSPS) is 16.8. The molecule has 1 N–H and O–H groups in total. The number of halogens is 1. The molecule has 1 unspecified atom stereocenters. The second-order valence-corrected chi connectivity index (χ2v) is 10.6. The number of amides is 1. The Bertz CT molecular complexity index is 1070. The monoisotopic (exact) mass is 463 g/mol. The van der Waals surface area contributed by atoms with Crippen molar-refractivity contribution < 1.29 is 13.2 Å². The zero-order chi connectivity index (χ0) is 22.9. The van der Waals surface area contributed by atoms with Gasteiger partial charge in [-0.1, -0.05) is 23.7 Å². The lowest BCUT2D eigenvalue weighted by Crippen LogP contribution is -2.53. The van der Waals surface area contributed by atoms with Crippen LogP contribution in [0.4, 0.5) is 5.69 Å². The second-order valence-electron chi connectivity index (χ2n) is 8.29. The highest BCUT2D eigenvalue weighted by molar-refractivity contribution is 7.89. The van der Waals surface area contributed by atoms with Gasteiger partial charge in [-0.15, -0.1) is 0 Å². The van der Waals surface area contributed by atoms with Crippen LogP contribution in [0.5, 0.6) is 0 Å². The van der Waals surface area contributed by atoms with Gasteiger partial charge in [-0.2, -0.15) is 4.31 Å². The maximum Gasteiger partial charge on any atom is 0.243 e. The lowest BCUT2D eigenvalue weighted by Gasteiger charge is -2.36. The molecule has 3 rings (SSSR count). The quantitative estimate of drug-likeness (QED) is 0.729. The molecule has 0 saturated carbocycles. The molecule has 1 saturated heterocycles. The third-order valence-corrected chi connectivity index (χ3v) is 8.19. The number of hydrogen-bond donors (Lipinski definition) is 1. The fourth-order valence-electron chi connectivity index (χ4n) is 3.82. The molecule has 1 heterocycles. The van der Waals surface area contributed by atoms with E-state index in [1.807, 2.05) is 57.7 Å². The van der Waals surface area contributed by atoms with E-state index in [2.05, 4.69) is 5.32 Å². The first-order valence-corrected chi connectivity index (χ1v) is 12.2. The minimum Gasteiger partial charge on any atom is -0.323 e. The zero-order valence-electron chi connectivity index (χ0n) is 18.7. The maximum absolute atomic E-state index is 13.0. The average Bonchev–Trinajstić information content (AvgIpc) is 2.72. The van der Waals surface area contributed by atoms with Crippen molar-refractivity contribution in [2.24, 2.45) is 0 Å². The topological polar surface area (TPSA) is 69.7 Å². The molecule has 2 aromatic carbocycles. The summed E-state index contributed by atoms with van der Waals surface area (Å²) in [7, 11) is -3.55. The van der Waals surface area contributed by atoms with Crippen LogP contribution in [0.1, 0.15) is 29.2 Å². The predicted octanol–water partition coefficient (Wildman–Crippen LogP) is 3.91. The highest BCUT2D eigenvalue weighted by atomic mass is 35.5. The largest absolute Gasteiger partial charge is 0.323 e. The number of hydrogen-bond acceptors (Lipinski definition) is 4. The Hall–Kier alpha value is -1.93. The lowest BCUT2D eigenvalue weighted by atomic mass is 10.1. The molecule has 2 aromatic rings. The molecule has 168 valence electrons. The predicted molar refractivity (Wildman–Crippen MR) is 125 cm³/mol. The molecule has 1 amide bonds. The smallest absolute Gasteiger partial charge is 0.243 e. The number of sulfonamides is 1. The summed E-state index contributed by atoms with van der Waals surface area (Å²) in [5, 5.41) is 3.45. The van der Waals surface area contributed by atoms with E-state index in [1.165, 1.54) is 4.31 Å². The standard InChI is InChI=1S/C23H30ClN3O3S/c1-15-12-18(4)22(21(24)13-15)25-23(28)19(5)26-8-10-27(11-9-26)31(29,30)20-7-6-16(2)17(3)14-20/h6-7,12-14,19H,8-11H2,1-5H3,(H,25,28). The summed E-state index contributed by atoms with van der Waals surface area (Å²) in [6, 6.07) is 8.62. The van der Waals surface area contributed by atoms with Crippen molar-refractivity contribution in [2.75, 3.05) is 31.5 Å². The van der Waals surface area contributed by atoms with Gasteiger partial charge >= 0.3 is 0 Å². The van der Waals surface area contributed by atoms with Crippen LogP contribution >= 0.6 is 11.6 Å². The molecule has 0 aliphatic carbocycles. The number of carbonyl (C=O) groups is 1. The minimum absolute atomic E-state index is 0.153. The Morgan fingerprint density at radius 2 is 1.61 bits per heavy atom. The molecule has 0 spiro atoms. The van der Waals surface area contributed by atoms with Crippen molar-refractivity contribution in [1.82, 2.24) is 9.21 Å². The van der Waals surface area contributed by atoms with Crippen molar-refractivity contribution in [3.05, 3.63) is 57.6 Å². The summed E-state index contributed by atoms with van der Waals surface area (Å²) in [5.41, 5.74) is 4.59. The first kappa shape index (κ1) is 23.7. The molecular formula is C23H30ClN3O3S. The third-order valence-electron chi connectivity index (χ3n) is 6.00. The van der Waals surface area contributed by atoms with Gasteiger partial charge in [0, 0.05) is 26.2 Å². The molecule has 6 nitrogen and oxygen atoms in total. The van der Waals surface area contributed by atoms with Crippen LogP contribution < -0.4 is 5.32 Å². The van der Waals surface area contributed by atoms with Crippen LogP contribution in [0.2, 0.25) is 5.02 Å². The van der Waals surface area contributed by atoms with Crippen molar-refractivity contribution in [1.29, 1.82) is 0 Å². The molecule has 1 aliphatic heterocycles. The van der Waals surface area contributed by atoms with Crippen LogP contribution in [0.3, 0.4) is 0 Å². The molecule has 31 heavy (non-hydrogen) atoms. The molecule has 0 bridgehead atoms. The fraction of sp³-hybridized carbons (Fsp3) is 0.435. The number of nitrogens with zero attached hydrogens (tertiary/aromatic N) is 2. The molecule has 0 aromatic heterocycles. The van der Waals surface area contributed by atoms with Gasteiger partial charge in [-0.25, -0.2) is 8.42 Å². The van der Waals surface area contributed by atoms with E-state index in [1.54, 1.807) is 12.1 Å². The summed E-state index contributed by atoms with van der Waals surface area (Å²) in [6.07, 6.45) is 0. The van der Waals surface area contributed by atoms with Crippen molar-refractivity contribution in [3.63, 3.8) is 0 Å². The lowest BCUT2D eigenvalue weighted by molar-refractivity contribution is -0.121. The van der Waals surface area contributed by atoms with Crippen molar-refractivity contribution in [2.45, 2.75) is 45.6 Å². The zero-order valence-corrected chi connectivity index (χ0v) is 20.3. The van der Waals surface area contributed by atoms with Crippen LogP contribution in [-0.4, -0.2) is 55.8 Å². The van der Waals surface area contributed by atoms with Gasteiger partial charge in [0.2, 0.25) is 15.9 Å². The molecule has 1 fully saturated rings. The van der Waals surface area contributed by atoms with E-state index in [0.717, 1.165) is 22.3 Å². The van der Waals surface area contributed by atoms with E-state index in [0.29, 0.717) is 41.8 Å². The number of aryl methyl sites for hydroxylation is 4. The Labute approximate surface area is 190 Å². The van der Waals surface area contributed by atoms with Gasteiger partial charge < -0.3 is 5.32 Å². The Morgan fingerprint density at radius 1 is 0.968 bits per heavy atom. The molecule has 8 heteroatoms. The Balaban J connectivity index is 1.65. The number of carbonyl (C=O) groups excluding carboxylic acids is 1. The van der Waals surface area contributed by atoms with Gasteiger partial charge in [0.25, 0.3) is 0 Å². The molecule has 1 atom stereocenters. The number of anilines is 1. The Kier molecular flexibility index (Phi) is 7.11. The number of nitrogens with one attached hydrogen (secondary N) is 1. The van der Waals surface area contributed by atoms with Crippen LogP contribution in [-0.2, 0) is 14.8 Å². The summed E-state index contributed by atoms with van der Waals surface area (Å²) < 4.78 is 27.5. The van der Waals surface area contributed by atoms with E-state index < -0.39 is 16.1 Å². The first-order chi connectivity index (χ1) is 14.5. The van der Waals surface area contributed by atoms with Gasteiger partial charge in [0.05, 0.1) is 21.6 Å². The molecule has 1 aliphatic rings. The average molecular weight is 464 g/mol. The maximum atomic E-state index is 13.0. The second kappa shape index (κ2) is 9.28. The van der Waals surface area contributed by atoms with E-state index in [9.17, 15) is 13.2 Å². The van der Waals surface area contributed by atoms with Gasteiger partial charge in [-0.05, 0) is 75.1 Å². The first-order valence-electron chi connectivity index (χ1n) is 10.4. The minimum atomic E-state index is -3.55. The summed E-state index contributed by atoms with van der Waals surface area (Å²) in [4.78, 5) is 15.1. The summed E-state index contributed by atoms with van der Waals surface area (Å²) in [5.74, 6) is -0.153. The summed E-state index contributed by atoms with van der Waals surface area (Å²) in [6.45, 7) is 11.2. The summed E-state index contributed by atoms with van der Waals surface area (Å²) >= 11 is 6.32. The van der Waals surface area contributed by atoms with Crippen LogP contribution in [0, 0.1) is 27.7 Å². The molecular weight excluding hydrogens is 434 g/mol. The highest BCUT2D eigenvalue weighted by Crippen LogP contribution is 2.28. The van der Waals surface area contributed by atoms with Crippen molar-refractivity contribution in [3.8, 4) is 0 Å². The van der Waals surface area contributed by atoms with E-state index in [-0.39, 0.29) is 5.91 Å². The van der Waals surface area contributed by atoms with Gasteiger partial charge in [0.15, 0.2) is 0 Å². The highest BCUT2D eigenvalue weighted by Gasteiger charge is 2.32. The van der Waals surface area contributed by atoms with E-state index >= 15 is 0 Å². The third kappa shape index (κ3) is 5.12. The Morgan fingerprint density at radius 3 is 2.19 bits per heavy atom. The van der Waals surface area contributed by atoms with E-state index in [4.69, 9.17) is 11.6 Å².